The lowest BCUT2D eigenvalue weighted by atomic mass is 10.0. The van der Waals surface area contributed by atoms with Gasteiger partial charge in [-0.3, -0.25) is 9.59 Å². The van der Waals surface area contributed by atoms with Crippen LogP contribution in [0, 0.1) is 13.8 Å². The van der Waals surface area contributed by atoms with Crippen molar-refractivity contribution in [2.45, 2.75) is 58.5 Å². The fourth-order valence-electron chi connectivity index (χ4n) is 4.00. The zero-order valence-corrected chi connectivity index (χ0v) is 14.3. The molecule has 2 aliphatic heterocycles. The summed E-state index contributed by atoms with van der Waals surface area (Å²) in [5.74, 6) is 0.232. The Kier molecular flexibility index (Phi) is 4.42. The molecule has 2 aliphatic rings. The zero-order chi connectivity index (χ0) is 16.6. The van der Waals surface area contributed by atoms with E-state index in [4.69, 9.17) is 0 Å². The molecule has 0 unspecified atom stereocenters. The average molecular weight is 314 g/mol. The number of benzene rings is 1. The molecule has 0 radical (unpaired) electrons. The van der Waals surface area contributed by atoms with Crippen molar-refractivity contribution < 1.29 is 9.59 Å². The minimum Gasteiger partial charge on any atom is -0.336 e. The van der Waals surface area contributed by atoms with E-state index in [0.717, 1.165) is 25.8 Å². The van der Waals surface area contributed by atoms with Crippen LogP contribution in [0.5, 0.6) is 0 Å². The number of rotatable bonds is 3. The summed E-state index contributed by atoms with van der Waals surface area (Å²) in [4.78, 5) is 28.8. The molecule has 1 aromatic rings. The van der Waals surface area contributed by atoms with E-state index < -0.39 is 0 Å². The van der Waals surface area contributed by atoms with Gasteiger partial charge in [-0.15, -0.1) is 0 Å². The van der Waals surface area contributed by atoms with Crippen LogP contribution in [0.25, 0.3) is 0 Å². The minimum absolute atomic E-state index is 0.108. The van der Waals surface area contributed by atoms with E-state index in [-0.39, 0.29) is 23.9 Å². The number of hydrogen-bond acceptors (Lipinski definition) is 2. The van der Waals surface area contributed by atoms with Gasteiger partial charge in [0.15, 0.2) is 0 Å². The molecule has 0 bridgehead atoms. The van der Waals surface area contributed by atoms with E-state index in [0.29, 0.717) is 13.0 Å². The second-order valence-corrected chi connectivity index (χ2v) is 7.05. The van der Waals surface area contributed by atoms with E-state index in [1.807, 2.05) is 11.8 Å². The van der Waals surface area contributed by atoms with Gasteiger partial charge >= 0.3 is 0 Å². The highest BCUT2D eigenvalue weighted by Gasteiger charge is 2.41. The summed E-state index contributed by atoms with van der Waals surface area (Å²) >= 11 is 0. The maximum atomic E-state index is 12.6. The highest BCUT2D eigenvalue weighted by Crippen LogP contribution is 2.26. The van der Waals surface area contributed by atoms with Gasteiger partial charge in [-0.1, -0.05) is 29.3 Å². The molecule has 2 atom stereocenters. The average Bonchev–Trinajstić information content (AvgIpc) is 2.96. The Labute approximate surface area is 138 Å². The molecular formula is C19H26N2O2. The molecule has 2 fully saturated rings. The van der Waals surface area contributed by atoms with Crippen LogP contribution in [0.1, 0.15) is 42.9 Å². The Morgan fingerprint density at radius 2 is 1.91 bits per heavy atom. The van der Waals surface area contributed by atoms with Crippen molar-refractivity contribution in [1.82, 2.24) is 9.80 Å². The first-order valence-corrected chi connectivity index (χ1v) is 8.63. The number of carbonyl (C=O) groups excluding carboxylic acids is 2. The van der Waals surface area contributed by atoms with E-state index in [2.05, 4.69) is 32.0 Å². The molecule has 23 heavy (non-hydrogen) atoms. The molecule has 0 spiro atoms. The first kappa shape index (κ1) is 16.0. The number of carbonyl (C=O) groups is 2. The maximum absolute atomic E-state index is 12.6. The number of amides is 2. The predicted molar refractivity (Wildman–Crippen MR) is 90.1 cm³/mol. The number of fused-ring (bicyclic) bond motifs is 1. The summed E-state index contributed by atoms with van der Waals surface area (Å²) < 4.78 is 0. The first-order chi connectivity index (χ1) is 11.0. The Morgan fingerprint density at radius 1 is 1.22 bits per heavy atom. The summed E-state index contributed by atoms with van der Waals surface area (Å²) in [6.07, 6.45) is 3.31. The Bertz CT molecular complexity index is 606. The van der Waals surface area contributed by atoms with E-state index >= 15 is 0 Å². The molecule has 0 saturated carbocycles. The molecule has 0 aromatic heterocycles. The quantitative estimate of drug-likeness (QED) is 0.860. The maximum Gasteiger partial charge on any atom is 0.245 e. The minimum atomic E-state index is -0.309. The Morgan fingerprint density at radius 3 is 2.61 bits per heavy atom. The van der Waals surface area contributed by atoms with E-state index in [9.17, 15) is 9.59 Å². The second kappa shape index (κ2) is 6.34. The molecule has 1 aromatic carbocycles. The summed E-state index contributed by atoms with van der Waals surface area (Å²) in [7, 11) is 0. The molecule has 3 rings (SSSR count). The predicted octanol–water partition coefficient (Wildman–Crippen LogP) is 2.46. The fourth-order valence-corrected chi connectivity index (χ4v) is 4.00. The van der Waals surface area contributed by atoms with Gasteiger partial charge in [-0.05, 0) is 45.6 Å². The molecule has 0 aliphatic carbocycles. The van der Waals surface area contributed by atoms with E-state index in [1.54, 1.807) is 4.90 Å². The van der Waals surface area contributed by atoms with Crippen LogP contribution in [0.3, 0.4) is 0 Å². The molecular weight excluding hydrogens is 288 g/mol. The van der Waals surface area contributed by atoms with Gasteiger partial charge in [-0.2, -0.15) is 0 Å². The second-order valence-electron chi connectivity index (χ2n) is 7.05. The largest absolute Gasteiger partial charge is 0.336 e. The van der Waals surface area contributed by atoms with Crippen molar-refractivity contribution in [2.24, 2.45) is 0 Å². The molecule has 2 saturated heterocycles. The summed E-state index contributed by atoms with van der Waals surface area (Å²) in [5.41, 5.74) is 3.67. The van der Waals surface area contributed by atoms with Crippen molar-refractivity contribution >= 4 is 11.8 Å². The zero-order valence-electron chi connectivity index (χ0n) is 14.3. The van der Waals surface area contributed by atoms with Gasteiger partial charge in [-0.25, -0.2) is 0 Å². The monoisotopic (exact) mass is 314 g/mol. The van der Waals surface area contributed by atoms with Crippen LogP contribution in [-0.4, -0.2) is 46.8 Å². The van der Waals surface area contributed by atoms with Crippen LogP contribution in [0.2, 0.25) is 0 Å². The number of nitrogens with zero attached hydrogens (tertiary/aromatic N) is 2. The molecule has 2 heterocycles. The highest BCUT2D eigenvalue weighted by molar-refractivity contribution is 5.89. The lowest BCUT2D eigenvalue weighted by Gasteiger charge is -2.41. The Balaban J connectivity index is 1.64. The highest BCUT2D eigenvalue weighted by atomic mass is 16.2. The summed E-state index contributed by atoms with van der Waals surface area (Å²) in [5, 5.41) is 0. The van der Waals surface area contributed by atoms with Gasteiger partial charge in [0, 0.05) is 25.6 Å². The van der Waals surface area contributed by atoms with Crippen molar-refractivity contribution in [3.8, 4) is 0 Å². The fraction of sp³-hybridized carbons (Fsp3) is 0.579. The third-order valence-corrected chi connectivity index (χ3v) is 5.12. The van der Waals surface area contributed by atoms with Gasteiger partial charge in [0.25, 0.3) is 0 Å². The van der Waals surface area contributed by atoms with Crippen LogP contribution in [-0.2, 0) is 16.0 Å². The molecule has 4 heteroatoms. The lowest BCUT2D eigenvalue weighted by molar-refractivity contribution is -0.152. The first-order valence-electron chi connectivity index (χ1n) is 8.63. The van der Waals surface area contributed by atoms with Crippen molar-refractivity contribution in [3.05, 3.63) is 34.9 Å². The van der Waals surface area contributed by atoms with Gasteiger partial charge in [0.05, 0.1) is 0 Å². The van der Waals surface area contributed by atoms with Gasteiger partial charge in [0.2, 0.25) is 11.8 Å². The number of piperazine rings is 1. The van der Waals surface area contributed by atoms with Crippen LogP contribution in [0.15, 0.2) is 18.2 Å². The summed E-state index contributed by atoms with van der Waals surface area (Å²) in [6.45, 7) is 7.60. The van der Waals surface area contributed by atoms with Crippen LogP contribution in [0.4, 0.5) is 0 Å². The molecule has 2 amide bonds. The normalized spacial score (nSPS) is 24.0. The SMILES string of the molecule is Cc1cc(C)cc(CCC(=O)N2C[C@@H]3CCCN3C(=O)[C@H]2C)c1. The topological polar surface area (TPSA) is 40.6 Å². The Hall–Kier alpha value is -1.84. The van der Waals surface area contributed by atoms with E-state index in [1.165, 1.54) is 16.7 Å². The summed E-state index contributed by atoms with van der Waals surface area (Å²) in [6, 6.07) is 6.36. The smallest absolute Gasteiger partial charge is 0.245 e. The molecule has 124 valence electrons. The van der Waals surface area contributed by atoms with Crippen molar-refractivity contribution in [1.29, 1.82) is 0 Å². The molecule has 0 N–H and O–H groups in total. The van der Waals surface area contributed by atoms with Gasteiger partial charge < -0.3 is 9.80 Å². The third-order valence-electron chi connectivity index (χ3n) is 5.12. The van der Waals surface area contributed by atoms with Gasteiger partial charge in [0.1, 0.15) is 6.04 Å². The van der Waals surface area contributed by atoms with Crippen LogP contribution < -0.4 is 0 Å². The number of aryl methyl sites for hydroxylation is 3. The number of hydrogen-bond donors (Lipinski definition) is 0. The van der Waals surface area contributed by atoms with Crippen molar-refractivity contribution in [3.63, 3.8) is 0 Å². The van der Waals surface area contributed by atoms with Crippen LogP contribution >= 0.6 is 0 Å². The third kappa shape index (κ3) is 3.26. The molecule has 4 nitrogen and oxygen atoms in total. The van der Waals surface area contributed by atoms with Crippen molar-refractivity contribution in [2.75, 3.05) is 13.1 Å². The standard InChI is InChI=1S/C19H26N2O2/c1-13-9-14(2)11-16(10-13)6-7-18(22)21-12-17-5-4-8-20(17)19(23)15(21)3/h9-11,15,17H,4-8,12H2,1-3H3/t15-,17+/m1/s1. The lowest BCUT2D eigenvalue weighted by Crippen LogP contribution is -2.60.